The number of ketones is 1. The maximum atomic E-state index is 10.8. The lowest BCUT2D eigenvalue weighted by atomic mass is 10.0. The molecule has 0 aliphatic carbocycles. The van der Waals surface area contributed by atoms with Crippen molar-refractivity contribution in [2.45, 2.75) is 25.8 Å². The van der Waals surface area contributed by atoms with E-state index >= 15 is 0 Å². The van der Waals surface area contributed by atoms with Crippen LogP contribution in [0.1, 0.15) is 31.4 Å². The lowest BCUT2D eigenvalue weighted by Gasteiger charge is -2.09. The van der Waals surface area contributed by atoms with E-state index < -0.39 is 0 Å². The van der Waals surface area contributed by atoms with Crippen molar-refractivity contribution in [3.8, 4) is 0 Å². The van der Waals surface area contributed by atoms with Crippen molar-refractivity contribution in [1.29, 1.82) is 0 Å². The molecule has 1 atom stereocenters. The summed E-state index contributed by atoms with van der Waals surface area (Å²) >= 11 is 0. The van der Waals surface area contributed by atoms with Gasteiger partial charge in [-0.05, 0) is 24.4 Å². The maximum absolute atomic E-state index is 10.8. The van der Waals surface area contributed by atoms with Crippen LogP contribution in [0.15, 0.2) is 35.4 Å². The lowest BCUT2D eigenvalue weighted by molar-refractivity contribution is -0.117. The molecule has 0 fully saturated rings. The summed E-state index contributed by atoms with van der Waals surface area (Å²) in [5, 5.41) is 3.69. The Kier molecular flexibility index (Phi) is 4.38. The zero-order chi connectivity index (χ0) is 11.1. The van der Waals surface area contributed by atoms with E-state index in [1.165, 1.54) is 6.92 Å². The number of azide groups is 1. The molecule has 0 saturated heterocycles. The van der Waals surface area contributed by atoms with Crippen LogP contribution in [0.5, 0.6) is 0 Å². The van der Waals surface area contributed by atoms with E-state index in [2.05, 4.69) is 10.0 Å². The molecule has 0 bridgehead atoms. The third-order valence-electron chi connectivity index (χ3n) is 2.15. The summed E-state index contributed by atoms with van der Waals surface area (Å²) in [4.78, 5) is 13.7. The molecule has 0 radical (unpaired) electrons. The Labute approximate surface area is 88.6 Å². The summed E-state index contributed by atoms with van der Waals surface area (Å²) < 4.78 is 0. The van der Waals surface area contributed by atoms with Gasteiger partial charge >= 0.3 is 0 Å². The third kappa shape index (κ3) is 3.83. The first-order valence-corrected chi connectivity index (χ1v) is 4.82. The Morgan fingerprint density at radius 2 is 2.13 bits per heavy atom. The van der Waals surface area contributed by atoms with Gasteiger partial charge in [0.15, 0.2) is 0 Å². The molecule has 0 spiro atoms. The summed E-state index contributed by atoms with van der Waals surface area (Å²) in [6.07, 6.45) is 1.02. The standard InChI is InChI=1S/C11H13N3O/c1-9(15)7-8-11(13-14-12)10-5-3-2-4-6-10/h2-6,11H,7-8H2,1H3. The van der Waals surface area contributed by atoms with Gasteiger partial charge in [0.25, 0.3) is 0 Å². The van der Waals surface area contributed by atoms with Gasteiger partial charge in [0.05, 0.1) is 6.04 Å². The average molecular weight is 203 g/mol. The molecule has 15 heavy (non-hydrogen) atoms. The molecule has 1 aromatic carbocycles. The summed E-state index contributed by atoms with van der Waals surface area (Å²) in [6, 6.07) is 9.26. The lowest BCUT2D eigenvalue weighted by Crippen LogP contribution is -1.98. The summed E-state index contributed by atoms with van der Waals surface area (Å²) in [7, 11) is 0. The quantitative estimate of drug-likeness (QED) is 0.410. The number of hydrogen-bond donors (Lipinski definition) is 0. The minimum atomic E-state index is -0.236. The molecule has 0 aromatic heterocycles. The second-order valence-corrected chi connectivity index (χ2v) is 3.37. The molecule has 4 nitrogen and oxygen atoms in total. The molecule has 0 aliphatic heterocycles. The predicted molar refractivity (Wildman–Crippen MR) is 58.2 cm³/mol. The van der Waals surface area contributed by atoms with Crippen molar-refractivity contribution in [3.05, 3.63) is 46.3 Å². The number of hydrogen-bond acceptors (Lipinski definition) is 2. The largest absolute Gasteiger partial charge is 0.300 e. The highest BCUT2D eigenvalue weighted by molar-refractivity contribution is 5.75. The first-order valence-electron chi connectivity index (χ1n) is 4.82. The smallest absolute Gasteiger partial charge is 0.129 e. The third-order valence-corrected chi connectivity index (χ3v) is 2.15. The van der Waals surface area contributed by atoms with Gasteiger partial charge in [-0.2, -0.15) is 0 Å². The molecule has 0 aliphatic rings. The minimum absolute atomic E-state index is 0.115. The Hall–Kier alpha value is -1.80. The first-order chi connectivity index (χ1) is 7.24. The average Bonchev–Trinajstić information content (AvgIpc) is 2.25. The van der Waals surface area contributed by atoms with E-state index in [9.17, 15) is 4.79 Å². The first kappa shape index (κ1) is 11.3. The summed E-state index contributed by atoms with van der Waals surface area (Å²) in [5.74, 6) is 0.115. The highest BCUT2D eigenvalue weighted by Gasteiger charge is 2.09. The van der Waals surface area contributed by atoms with E-state index in [1.54, 1.807) is 0 Å². The van der Waals surface area contributed by atoms with Crippen LogP contribution in [0.25, 0.3) is 10.4 Å². The molecule has 0 N–H and O–H groups in total. The summed E-state index contributed by atoms with van der Waals surface area (Å²) in [5.41, 5.74) is 9.39. The van der Waals surface area contributed by atoms with Gasteiger partial charge in [0.2, 0.25) is 0 Å². The molecule has 4 heteroatoms. The normalized spacial score (nSPS) is 11.5. The number of carbonyl (C=O) groups is 1. The van der Waals surface area contributed by atoms with Gasteiger partial charge < -0.3 is 4.79 Å². The van der Waals surface area contributed by atoms with Crippen LogP contribution in [0, 0.1) is 0 Å². The molecule has 1 aromatic rings. The second-order valence-electron chi connectivity index (χ2n) is 3.37. The van der Waals surface area contributed by atoms with Crippen LogP contribution in [-0.2, 0) is 4.79 Å². The van der Waals surface area contributed by atoms with Crippen LogP contribution >= 0.6 is 0 Å². The molecule has 78 valence electrons. The number of rotatable bonds is 5. The Bertz CT molecular complexity index is 369. The molecular formula is C11H13N3O. The molecule has 0 heterocycles. The van der Waals surface area contributed by atoms with Gasteiger partial charge in [-0.15, -0.1) is 0 Å². The van der Waals surface area contributed by atoms with Gasteiger partial charge in [-0.1, -0.05) is 35.4 Å². The summed E-state index contributed by atoms with van der Waals surface area (Å²) in [6.45, 7) is 1.54. The van der Waals surface area contributed by atoms with Crippen LogP contribution in [0.3, 0.4) is 0 Å². The number of carbonyl (C=O) groups excluding carboxylic acids is 1. The maximum Gasteiger partial charge on any atom is 0.129 e. The van der Waals surface area contributed by atoms with Crippen molar-refractivity contribution >= 4 is 5.78 Å². The van der Waals surface area contributed by atoms with Crippen molar-refractivity contribution in [2.75, 3.05) is 0 Å². The Balaban J connectivity index is 2.74. The van der Waals surface area contributed by atoms with Gasteiger partial charge in [-0.3, -0.25) is 0 Å². The van der Waals surface area contributed by atoms with Crippen LogP contribution < -0.4 is 0 Å². The number of Topliss-reactive ketones (excluding diaryl/α,β-unsaturated/α-hetero) is 1. The van der Waals surface area contributed by atoms with Crippen molar-refractivity contribution in [3.63, 3.8) is 0 Å². The highest BCUT2D eigenvalue weighted by atomic mass is 16.1. The number of benzene rings is 1. The van der Waals surface area contributed by atoms with Crippen molar-refractivity contribution in [2.24, 2.45) is 5.11 Å². The van der Waals surface area contributed by atoms with E-state index in [0.717, 1.165) is 5.56 Å². The zero-order valence-corrected chi connectivity index (χ0v) is 8.63. The SMILES string of the molecule is CC(=O)CCC(N=[N+]=[N-])c1ccccc1. The molecule has 1 rings (SSSR count). The van der Waals surface area contributed by atoms with E-state index in [1.807, 2.05) is 30.3 Å². The zero-order valence-electron chi connectivity index (χ0n) is 8.63. The van der Waals surface area contributed by atoms with E-state index in [-0.39, 0.29) is 11.8 Å². The number of nitrogens with zero attached hydrogens (tertiary/aromatic N) is 3. The Morgan fingerprint density at radius 1 is 1.47 bits per heavy atom. The molecule has 1 unspecified atom stereocenters. The monoisotopic (exact) mass is 203 g/mol. The van der Waals surface area contributed by atoms with Crippen molar-refractivity contribution in [1.82, 2.24) is 0 Å². The molecule has 0 saturated carbocycles. The van der Waals surface area contributed by atoms with Gasteiger partial charge in [0, 0.05) is 11.3 Å². The van der Waals surface area contributed by atoms with Gasteiger partial charge in [-0.25, -0.2) is 0 Å². The van der Waals surface area contributed by atoms with E-state index in [0.29, 0.717) is 12.8 Å². The molecule has 0 amide bonds. The fraction of sp³-hybridized carbons (Fsp3) is 0.364. The predicted octanol–water partition coefficient (Wildman–Crippen LogP) is 3.41. The van der Waals surface area contributed by atoms with Crippen LogP contribution in [0.4, 0.5) is 0 Å². The minimum Gasteiger partial charge on any atom is -0.300 e. The van der Waals surface area contributed by atoms with E-state index in [4.69, 9.17) is 5.53 Å². The fourth-order valence-electron chi connectivity index (χ4n) is 1.37. The topological polar surface area (TPSA) is 65.8 Å². The van der Waals surface area contributed by atoms with Crippen LogP contribution in [0.2, 0.25) is 0 Å². The molecular weight excluding hydrogens is 190 g/mol. The second kappa shape index (κ2) is 5.83. The Morgan fingerprint density at radius 3 is 2.67 bits per heavy atom. The highest BCUT2D eigenvalue weighted by Crippen LogP contribution is 2.22. The fourth-order valence-corrected chi connectivity index (χ4v) is 1.37. The van der Waals surface area contributed by atoms with Crippen molar-refractivity contribution < 1.29 is 4.79 Å². The van der Waals surface area contributed by atoms with Gasteiger partial charge in [0.1, 0.15) is 5.78 Å². The van der Waals surface area contributed by atoms with Crippen LogP contribution in [-0.4, -0.2) is 5.78 Å².